The van der Waals surface area contributed by atoms with Crippen molar-refractivity contribution >= 4 is 10.8 Å². The van der Waals surface area contributed by atoms with Crippen LogP contribution in [0.25, 0.3) is 21.9 Å². The molecule has 1 atom stereocenters. The predicted molar refractivity (Wildman–Crippen MR) is 137 cm³/mol. The van der Waals surface area contributed by atoms with E-state index in [1.807, 2.05) is 72.4 Å². The number of nitrogens with one attached hydrogen (secondary N) is 1. The number of hydrogen-bond acceptors (Lipinski definition) is 4. The number of nitrogens with zero attached hydrogens (tertiary/aromatic N) is 4. The van der Waals surface area contributed by atoms with Gasteiger partial charge in [0.2, 0.25) is 0 Å². The summed E-state index contributed by atoms with van der Waals surface area (Å²) in [5.74, 6) is 0. The van der Waals surface area contributed by atoms with E-state index in [1.54, 1.807) is 6.33 Å². The van der Waals surface area contributed by atoms with Gasteiger partial charge in [-0.15, -0.1) is 0 Å². The molecule has 1 heterocycles. The molecular formula is C30H23N5. The molecule has 35 heavy (non-hydrogen) atoms. The van der Waals surface area contributed by atoms with E-state index in [-0.39, 0.29) is 6.04 Å². The number of aryl methyl sites for hydroxylation is 1. The molecule has 5 heteroatoms. The van der Waals surface area contributed by atoms with Gasteiger partial charge in [-0.25, -0.2) is 4.98 Å². The third-order valence-corrected chi connectivity index (χ3v) is 6.32. The Bertz CT molecular complexity index is 1580. The molecule has 0 bridgehead atoms. The van der Waals surface area contributed by atoms with Crippen LogP contribution in [0.1, 0.15) is 34.0 Å². The van der Waals surface area contributed by atoms with E-state index < -0.39 is 0 Å². The third-order valence-electron chi connectivity index (χ3n) is 6.32. The van der Waals surface area contributed by atoms with Crippen LogP contribution in [0.4, 0.5) is 0 Å². The Morgan fingerprint density at radius 3 is 2.43 bits per heavy atom. The number of imidazole rings is 1. The van der Waals surface area contributed by atoms with E-state index in [4.69, 9.17) is 5.26 Å². The lowest BCUT2D eigenvalue weighted by atomic mass is 9.91. The average molecular weight is 454 g/mol. The fourth-order valence-corrected chi connectivity index (χ4v) is 4.48. The van der Waals surface area contributed by atoms with E-state index in [2.05, 4.69) is 52.8 Å². The summed E-state index contributed by atoms with van der Waals surface area (Å²) < 4.78 is 2.01. The number of rotatable bonds is 6. The lowest BCUT2D eigenvalue weighted by molar-refractivity contribution is 0.573. The van der Waals surface area contributed by atoms with Crippen molar-refractivity contribution in [3.8, 4) is 23.3 Å². The molecule has 5 nitrogen and oxygen atoms in total. The van der Waals surface area contributed by atoms with Crippen molar-refractivity contribution in [1.29, 1.82) is 10.5 Å². The molecule has 4 aromatic carbocycles. The molecule has 0 spiro atoms. The van der Waals surface area contributed by atoms with Crippen LogP contribution in [0.15, 0.2) is 97.5 Å². The number of nitriles is 2. The zero-order chi connectivity index (χ0) is 24.2. The molecule has 0 amide bonds. The van der Waals surface area contributed by atoms with Gasteiger partial charge in [-0.1, -0.05) is 60.7 Å². The second-order valence-corrected chi connectivity index (χ2v) is 8.50. The standard InChI is InChI=1S/C30H23N5/c1-35-20-33-19-29(35)30(34-18-22-11-9-21(16-31)10-12-22)24-13-14-25(17-32)28(15-24)27-8-4-6-23-5-2-3-7-26(23)27/h2-15,19-20,30,34H,18H2,1H3. The van der Waals surface area contributed by atoms with Gasteiger partial charge in [0.15, 0.2) is 0 Å². The Morgan fingerprint density at radius 2 is 1.69 bits per heavy atom. The highest BCUT2D eigenvalue weighted by Crippen LogP contribution is 2.34. The first-order valence-corrected chi connectivity index (χ1v) is 11.4. The van der Waals surface area contributed by atoms with Crippen LogP contribution in [0, 0.1) is 22.7 Å². The molecule has 0 aliphatic carbocycles. The Hall–Kier alpha value is -4.71. The van der Waals surface area contributed by atoms with Gasteiger partial charge in [0.25, 0.3) is 0 Å². The number of hydrogen-bond donors (Lipinski definition) is 1. The first-order valence-electron chi connectivity index (χ1n) is 11.4. The SMILES string of the molecule is Cn1cncc1C(NCc1ccc(C#N)cc1)c1ccc(C#N)c(-c2cccc3ccccc23)c1. The Labute approximate surface area is 204 Å². The van der Waals surface area contributed by atoms with E-state index in [0.717, 1.165) is 38.7 Å². The molecule has 0 fully saturated rings. The molecule has 1 unspecified atom stereocenters. The molecule has 0 saturated carbocycles. The van der Waals surface area contributed by atoms with Gasteiger partial charge in [-0.2, -0.15) is 10.5 Å². The van der Waals surface area contributed by atoms with Crippen LogP contribution in [0.3, 0.4) is 0 Å². The minimum absolute atomic E-state index is 0.139. The van der Waals surface area contributed by atoms with Gasteiger partial charge in [0.1, 0.15) is 0 Å². The second kappa shape index (κ2) is 9.65. The van der Waals surface area contributed by atoms with Crippen molar-refractivity contribution in [3.05, 3.63) is 125 Å². The smallest absolute Gasteiger partial charge is 0.0998 e. The maximum atomic E-state index is 9.90. The van der Waals surface area contributed by atoms with Crippen molar-refractivity contribution in [2.45, 2.75) is 12.6 Å². The lowest BCUT2D eigenvalue weighted by Crippen LogP contribution is -2.24. The van der Waals surface area contributed by atoms with E-state index in [9.17, 15) is 5.26 Å². The van der Waals surface area contributed by atoms with Crippen LogP contribution in [-0.4, -0.2) is 9.55 Å². The highest BCUT2D eigenvalue weighted by Gasteiger charge is 2.19. The van der Waals surface area contributed by atoms with Gasteiger partial charge in [0, 0.05) is 19.2 Å². The van der Waals surface area contributed by atoms with E-state index in [1.165, 1.54) is 0 Å². The zero-order valence-corrected chi connectivity index (χ0v) is 19.3. The molecule has 0 aliphatic rings. The van der Waals surface area contributed by atoms with Crippen LogP contribution < -0.4 is 5.32 Å². The summed E-state index contributed by atoms with van der Waals surface area (Å²) in [5.41, 5.74) is 6.38. The first-order chi connectivity index (χ1) is 17.2. The third kappa shape index (κ3) is 4.42. The van der Waals surface area contributed by atoms with Gasteiger partial charge in [-0.05, 0) is 51.7 Å². The van der Waals surface area contributed by atoms with Crippen LogP contribution in [0.5, 0.6) is 0 Å². The quantitative estimate of drug-likeness (QED) is 0.349. The fraction of sp³-hybridized carbons (Fsp3) is 0.100. The average Bonchev–Trinajstić information content (AvgIpc) is 3.34. The summed E-state index contributed by atoms with van der Waals surface area (Å²) in [6, 6.07) is 32.5. The molecule has 168 valence electrons. The monoisotopic (exact) mass is 453 g/mol. The summed E-state index contributed by atoms with van der Waals surface area (Å²) in [6.45, 7) is 0.616. The highest BCUT2D eigenvalue weighted by atomic mass is 15.1. The Balaban J connectivity index is 1.58. The van der Waals surface area contributed by atoms with Crippen LogP contribution >= 0.6 is 0 Å². The zero-order valence-electron chi connectivity index (χ0n) is 19.3. The summed E-state index contributed by atoms with van der Waals surface area (Å²) in [7, 11) is 1.98. The number of fused-ring (bicyclic) bond motifs is 1. The fourth-order valence-electron chi connectivity index (χ4n) is 4.48. The first kappa shape index (κ1) is 22.1. The van der Waals surface area contributed by atoms with Crippen molar-refractivity contribution in [2.24, 2.45) is 7.05 Å². The van der Waals surface area contributed by atoms with Gasteiger partial charge in [-0.3, -0.25) is 0 Å². The molecule has 0 aliphatic heterocycles. The number of aromatic nitrogens is 2. The minimum Gasteiger partial charge on any atom is -0.336 e. The maximum absolute atomic E-state index is 9.90. The van der Waals surface area contributed by atoms with Crippen molar-refractivity contribution in [3.63, 3.8) is 0 Å². The van der Waals surface area contributed by atoms with E-state index in [0.29, 0.717) is 17.7 Å². The number of benzene rings is 4. The van der Waals surface area contributed by atoms with Crippen molar-refractivity contribution < 1.29 is 0 Å². The van der Waals surface area contributed by atoms with Crippen LogP contribution in [-0.2, 0) is 13.6 Å². The van der Waals surface area contributed by atoms with E-state index >= 15 is 0 Å². The van der Waals surface area contributed by atoms with Gasteiger partial charge >= 0.3 is 0 Å². The maximum Gasteiger partial charge on any atom is 0.0998 e. The Morgan fingerprint density at radius 1 is 0.886 bits per heavy atom. The minimum atomic E-state index is -0.139. The van der Waals surface area contributed by atoms with Crippen LogP contribution in [0.2, 0.25) is 0 Å². The molecular weight excluding hydrogens is 430 g/mol. The molecule has 0 saturated heterocycles. The molecule has 0 radical (unpaired) electrons. The van der Waals surface area contributed by atoms with Gasteiger partial charge < -0.3 is 9.88 Å². The Kier molecular flexibility index (Phi) is 6.09. The summed E-state index contributed by atoms with van der Waals surface area (Å²) in [6.07, 6.45) is 3.66. The largest absolute Gasteiger partial charge is 0.336 e. The topological polar surface area (TPSA) is 77.4 Å². The summed E-state index contributed by atoms with van der Waals surface area (Å²) in [5, 5.41) is 24.9. The molecule has 1 N–H and O–H groups in total. The molecule has 1 aromatic heterocycles. The summed E-state index contributed by atoms with van der Waals surface area (Å²) >= 11 is 0. The molecule has 5 rings (SSSR count). The summed E-state index contributed by atoms with van der Waals surface area (Å²) in [4.78, 5) is 4.34. The molecule has 5 aromatic rings. The lowest BCUT2D eigenvalue weighted by Gasteiger charge is -2.21. The second-order valence-electron chi connectivity index (χ2n) is 8.50. The predicted octanol–water partition coefficient (Wildman–Crippen LogP) is 5.86. The van der Waals surface area contributed by atoms with Crippen molar-refractivity contribution in [1.82, 2.24) is 14.9 Å². The van der Waals surface area contributed by atoms with Gasteiger partial charge in [0.05, 0.1) is 47.5 Å². The van der Waals surface area contributed by atoms with Crippen molar-refractivity contribution in [2.75, 3.05) is 0 Å². The normalized spacial score (nSPS) is 11.6. The highest BCUT2D eigenvalue weighted by molar-refractivity contribution is 5.97.